The van der Waals surface area contributed by atoms with Crippen LogP contribution in [0, 0.1) is 0 Å². The number of aldehydes is 1. The predicted molar refractivity (Wildman–Crippen MR) is 118 cm³/mol. The van der Waals surface area contributed by atoms with E-state index in [0.29, 0.717) is 17.2 Å². The minimum absolute atomic E-state index is 0.380. The lowest BCUT2D eigenvalue weighted by molar-refractivity contribution is -0.103. The number of nitrogens with zero attached hydrogens (tertiary/aromatic N) is 1. The van der Waals surface area contributed by atoms with Crippen LogP contribution in [0.4, 0.5) is 0 Å². The van der Waals surface area contributed by atoms with Gasteiger partial charge in [0.15, 0.2) is 6.29 Å². The molecule has 0 aliphatic carbocycles. The van der Waals surface area contributed by atoms with Gasteiger partial charge in [-0.3, -0.25) is 4.79 Å². The first-order valence-corrected chi connectivity index (χ1v) is 9.59. The van der Waals surface area contributed by atoms with Crippen molar-refractivity contribution in [2.75, 3.05) is 0 Å². The second-order valence-corrected chi connectivity index (χ2v) is 7.01. The Labute approximate surface area is 174 Å². The average Bonchev–Trinajstić information content (AvgIpc) is 2.77. The largest absolute Gasteiger partial charge is 0.487 e. The van der Waals surface area contributed by atoms with Crippen LogP contribution in [0.5, 0.6) is 5.75 Å². The van der Waals surface area contributed by atoms with Gasteiger partial charge in [0.05, 0.1) is 11.2 Å². The second-order valence-electron chi connectivity index (χ2n) is 6.58. The van der Waals surface area contributed by atoms with Gasteiger partial charge in [0, 0.05) is 16.0 Å². The SMILES string of the molecule is O=CC(=Cc1ccc(Cl)cc1)c1ccc(OCc2ccc3ccccc3n2)cc1. The maximum atomic E-state index is 11.5. The summed E-state index contributed by atoms with van der Waals surface area (Å²) in [5, 5.41) is 1.77. The van der Waals surface area contributed by atoms with Gasteiger partial charge >= 0.3 is 0 Å². The van der Waals surface area contributed by atoms with E-state index in [4.69, 9.17) is 16.3 Å². The number of ether oxygens (including phenoxy) is 1. The lowest BCUT2D eigenvalue weighted by atomic mass is 10.0. The molecule has 4 heteroatoms. The van der Waals surface area contributed by atoms with E-state index in [1.165, 1.54) is 0 Å². The summed E-state index contributed by atoms with van der Waals surface area (Å²) in [5.41, 5.74) is 4.15. The molecule has 1 aromatic heterocycles. The van der Waals surface area contributed by atoms with Gasteiger partial charge in [-0.1, -0.05) is 60.1 Å². The number of benzene rings is 3. The van der Waals surface area contributed by atoms with E-state index in [-0.39, 0.29) is 0 Å². The van der Waals surface area contributed by atoms with Crippen LogP contribution < -0.4 is 4.74 Å². The van der Waals surface area contributed by atoms with E-state index in [1.807, 2.05) is 78.9 Å². The van der Waals surface area contributed by atoms with Gasteiger partial charge < -0.3 is 4.74 Å². The van der Waals surface area contributed by atoms with Gasteiger partial charge in [-0.05, 0) is 53.6 Å². The molecular weight excluding hydrogens is 382 g/mol. The molecule has 0 bridgehead atoms. The number of allylic oxidation sites excluding steroid dienone is 1. The number of carbonyl (C=O) groups excluding carboxylic acids is 1. The summed E-state index contributed by atoms with van der Waals surface area (Å²) in [5.74, 6) is 0.723. The molecule has 0 fully saturated rings. The van der Waals surface area contributed by atoms with Gasteiger partial charge in [-0.2, -0.15) is 0 Å². The first kappa shape index (κ1) is 18.9. The molecule has 0 atom stereocenters. The second kappa shape index (κ2) is 8.72. The number of aromatic nitrogens is 1. The first-order chi connectivity index (χ1) is 14.2. The summed E-state index contributed by atoms with van der Waals surface area (Å²) in [6.45, 7) is 0.380. The molecule has 3 aromatic carbocycles. The average molecular weight is 400 g/mol. The third-order valence-corrected chi connectivity index (χ3v) is 4.80. The predicted octanol–water partition coefficient (Wildman–Crippen LogP) is 6.21. The summed E-state index contributed by atoms with van der Waals surface area (Å²) in [6.07, 6.45) is 2.68. The third-order valence-electron chi connectivity index (χ3n) is 4.55. The lowest BCUT2D eigenvalue weighted by Gasteiger charge is -2.08. The van der Waals surface area contributed by atoms with Crippen molar-refractivity contribution in [3.05, 3.63) is 107 Å². The number of halogens is 1. The standard InChI is InChI=1S/C25H18ClNO2/c26-22-10-5-18(6-11-22)15-21(16-28)19-8-13-24(14-9-19)29-17-23-12-7-20-3-1-2-4-25(20)27-23/h1-16H,17H2. The highest BCUT2D eigenvalue weighted by Crippen LogP contribution is 2.22. The van der Waals surface area contributed by atoms with Crippen molar-refractivity contribution >= 4 is 40.4 Å². The van der Waals surface area contributed by atoms with Crippen LogP contribution in [0.15, 0.2) is 84.9 Å². The number of para-hydroxylation sites is 1. The van der Waals surface area contributed by atoms with Crippen LogP contribution in [0.25, 0.3) is 22.6 Å². The molecule has 0 saturated carbocycles. The van der Waals surface area contributed by atoms with Crippen LogP contribution in [0.1, 0.15) is 16.8 Å². The van der Waals surface area contributed by atoms with Crippen molar-refractivity contribution in [3.8, 4) is 5.75 Å². The molecular formula is C25H18ClNO2. The Morgan fingerprint density at radius 2 is 1.66 bits per heavy atom. The van der Waals surface area contributed by atoms with E-state index in [9.17, 15) is 4.79 Å². The van der Waals surface area contributed by atoms with Crippen LogP contribution in [0.2, 0.25) is 5.02 Å². The van der Waals surface area contributed by atoms with Gasteiger partial charge in [-0.15, -0.1) is 0 Å². The van der Waals surface area contributed by atoms with Crippen molar-refractivity contribution < 1.29 is 9.53 Å². The van der Waals surface area contributed by atoms with E-state index >= 15 is 0 Å². The molecule has 0 radical (unpaired) electrons. The van der Waals surface area contributed by atoms with E-state index in [0.717, 1.165) is 39.8 Å². The van der Waals surface area contributed by atoms with Gasteiger partial charge in [0.2, 0.25) is 0 Å². The molecule has 0 aliphatic heterocycles. The topological polar surface area (TPSA) is 39.2 Å². The molecule has 142 valence electrons. The molecule has 4 rings (SSSR count). The Kier molecular flexibility index (Phi) is 5.68. The number of rotatable bonds is 6. The smallest absolute Gasteiger partial charge is 0.150 e. The van der Waals surface area contributed by atoms with Crippen molar-refractivity contribution in [3.63, 3.8) is 0 Å². The Hall–Kier alpha value is -3.43. The zero-order valence-electron chi connectivity index (χ0n) is 15.6. The number of carbonyl (C=O) groups is 1. The van der Waals surface area contributed by atoms with Crippen LogP contribution in [-0.4, -0.2) is 11.3 Å². The van der Waals surface area contributed by atoms with Gasteiger partial charge in [0.1, 0.15) is 12.4 Å². The highest BCUT2D eigenvalue weighted by atomic mass is 35.5. The van der Waals surface area contributed by atoms with Gasteiger partial charge in [0.25, 0.3) is 0 Å². The van der Waals surface area contributed by atoms with E-state index < -0.39 is 0 Å². The minimum atomic E-state index is 0.380. The third kappa shape index (κ3) is 4.71. The van der Waals surface area contributed by atoms with Gasteiger partial charge in [-0.25, -0.2) is 4.98 Å². The maximum absolute atomic E-state index is 11.5. The molecule has 0 saturated heterocycles. The van der Waals surface area contributed by atoms with Crippen LogP contribution in [0.3, 0.4) is 0 Å². The summed E-state index contributed by atoms with van der Waals surface area (Å²) >= 11 is 5.91. The molecule has 0 aliphatic rings. The molecule has 3 nitrogen and oxygen atoms in total. The zero-order chi connectivity index (χ0) is 20.1. The molecule has 4 aromatic rings. The van der Waals surface area contributed by atoms with E-state index in [2.05, 4.69) is 4.98 Å². The summed E-state index contributed by atoms with van der Waals surface area (Å²) in [6, 6.07) is 26.8. The minimum Gasteiger partial charge on any atom is -0.487 e. The Balaban J connectivity index is 1.46. The molecule has 0 unspecified atom stereocenters. The first-order valence-electron chi connectivity index (χ1n) is 9.22. The number of hydrogen-bond donors (Lipinski definition) is 0. The molecule has 29 heavy (non-hydrogen) atoms. The monoisotopic (exact) mass is 399 g/mol. The maximum Gasteiger partial charge on any atom is 0.150 e. The van der Waals surface area contributed by atoms with Crippen LogP contribution in [-0.2, 0) is 11.4 Å². The number of hydrogen-bond acceptors (Lipinski definition) is 3. The van der Waals surface area contributed by atoms with Crippen molar-refractivity contribution in [1.29, 1.82) is 0 Å². The van der Waals surface area contributed by atoms with Crippen molar-refractivity contribution in [2.45, 2.75) is 6.61 Å². The molecule has 1 heterocycles. The summed E-state index contributed by atoms with van der Waals surface area (Å²) < 4.78 is 5.86. The normalized spacial score (nSPS) is 11.4. The Bertz CT molecular complexity index is 1170. The Morgan fingerprint density at radius 1 is 0.897 bits per heavy atom. The molecule has 0 spiro atoms. The van der Waals surface area contributed by atoms with E-state index in [1.54, 1.807) is 12.1 Å². The fraction of sp³-hybridized carbons (Fsp3) is 0.0400. The Morgan fingerprint density at radius 3 is 2.41 bits per heavy atom. The fourth-order valence-electron chi connectivity index (χ4n) is 3.01. The summed E-state index contributed by atoms with van der Waals surface area (Å²) in [7, 11) is 0. The van der Waals surface area contributed by atoms with Crippen molar-refractivity contribution in [2.24, 2.45) is 0 Å². The van der Waals surface area contributed by atoms with Crippen molar-refractivity contribution in [1.82, 2.24) is 4.98 Å². The van der Waals surface area contributed by atoms with Crippen LogP contribution >= 0.6 is 11.6 Å². The molecule has 0 N–H and O–H groups in total. The zero-order valence-corrected chi connectivity index (χ0v) is 16.3. The highest BCUT2D eigenvalue weighted by molar-refractivity contribution is 6.30. The summed E-state index contributed by atoms with van der Waals surface area (Å²) in [4.78, 5) is 16.2. The number of fused-ring (bicyclic) bond motifs is 1. The lowest BCUT2D eigenvalue weighted by Crippen LogP contribution is -1.98. The highest BCUT2D eigenvalue weighted by Gasteiger charge is 2.04. The quantitative estimate of drug-likeness (QED) is 0.220. The fourth-order valence-corrected chi connectivity index (χ4v) is 3.14. The molecule has 0 amide bonds. The number of pyridine rings is 1.